The molecule has 0 bridgehead atoms. The second kappa shape index (κ2) is 9.26. The average molecular weight is 468 g/mol. The lowest BCUT2D eigenvalue weighted by atomic mass is 10.1. The molecule has 29 heavy (non-hydrogen) atoms. The van der Waals surface area contributed by atoms with Crippen LogP contribution in [0.15, 0.2) is 52.6 Å². The van der Waals surface area contributed by atoms with E-state index in [9.17, 15) is 4.57 Å². The summed E-state index contributed by atoms with van der Waals surface area (Å²) < 4.78 is 14.8. The molecule has 0 saturated heterocycles. The smallest absolute Gasteiger partial charge is 0.117 e. The fourth-order valence-corrected chi connectivity index (χ4v) is 5.82. The topological polar surface area (TPSA) is 47.8 Å². The first-order chi connectivity index (χ1) is 13.6. The molecule has 0 saturated carbocycles. The minimum absolute atomic E-state index is 0.220. The van der Waals surface area contributed by atoms with Crippen LogP contribution < -0.4 is 0 Å². The minimum Gasteiger partial charge on any atom is -0.324 e. The van der Waals surface area contributed by atoms with Crippen molar-refractivity contribution >= 4 is 42.1 Å². The van der Waals surface area contributed by atoms with Crippen LogP contribution in [0.1, 0.15) is 36.8 Å². The maximum absolute atomic E-state index is 12.6. The molecule has 0 aliphatic heterocycles. The van der Waals surface area contributed by atoms with Gasteiger partial charge in [-0.1, -0.05) is 48.8 Å². The Kier molecular flexibility index (Phi) is 7.16. The molecule has 3 aromatic rings. The van der Waals surface area contributed by atoms with Crippen molar-refractivity contribution in [2.24, 2.45) is 0 Å². The Morgan fingerprint density at radius 1 is 1.10 bits per heavy atom. The number of pyridine rings is 1. The summed E-state index contributed by atoms with van der Waals surface area (Å²) in [5, 5.41) is 2.22. The van der Waals surface area contributed by atoms with E-state index >= 15 is 0 Å². The highest BCUT2D eigenvalue weighted by atomic mass is 35.5. The van der Waals surface area contributed by atoms with Crippen molar-refractivity contribution in [1.29, 1.82) is 0 Å². The van der Waals surface area contributed by atoms with Gasteiger partial charge < -0.3 is 9.13 Å². The van der Waals surface area contributed by atoms with Crippen molar-refractivity contribution in [3.63, 3.8) is 0 Å². The van der Waals surface area contributed by atoms with Crippen LogP contribution in [-0.2, 0) is 17.3 Å². The molecule has 1 aromatic carbocycles. The predicted octanol–water partition coefficient (Wildman–Crippen LogP) is 7.03. The number of halogens is 2. The van der Waals surface area contributed by atoms with Crippen molar-refractivity contribution < 1.29 is 4.57 Å². The molecule has 0 aliphatic rings. The van der Waals surface area contributed by atoms with Crippen molar-refractivity contribution in [3.05, 3.63) is 69.9 Å². The lowest BCUT2D eigenvalue weighted by Crippen LogP contribution is -2.07. The monoisotopic (exact) mass is 467 g/mol. The van der Waals surface area contributed by atoms with Crippen molar-refractivity contribution in [3.8, 4) is 0 Å². The summed E-state index contributed by atoms with van der Waals surface area (Å²) in [5.74, 6) is 1.06. The number of nitrogens with zero attached hydrogens (tertiary/aromatic N) is 3. The van der Waals surface area contributed by atoms with E-state index in [1.807, 2.05) is 24.3 Å². The first kappa shape index (κ1) is 22.4. The van der Waals surface area contributed by atoms with E-state index in [4.69, 9.17) is 28.2 Å². The van der Waals surface area contributed by atoms with Crippen LogP contribution >= 0.6 is 42.1 Å². The van der Waals surface area contributed by atoms with Crippen LogP contribution in [0.4, 0.5) is 0 Å². The van der Waals surface area contributed by atoms with E-state index in [0.717, 1.165) is 27.0 Å². The minimum atomic E-state index is -2.30. The zero-order chi connectivity index (χ0) is 21.2. The van der Waals surface area contributed by atoms with Gasteiger partial charge in [-0.2, -0.15) is 0 Å². The van der Waals surface area contributed by atoms with Gasteiger partial charge in [-0.3, -0.25) is 4.98 Å². The van der Waals surface area contributed by atoms with Gasteiger partial charge in [-0.15, -0.1) is 0 Å². The zero-order valence-electron chi connectivity index (χ0n) is 16.9. The Hall–Kier alpha value is -1.26. The number of hydrogen-bond donors (Lipinski definition) is 0. The second-order valence-electron chi connectivity index (χ2n) is 7.75. The summed E-state index contributed by atoms with van der Waals surface area (Å²) in [5.41, 5.74) is 2.10. The fraction of sp³-hybridized carbons (Fsp3) is 0.333. The van der Waals surface area contributed by atoms with Crippen molar-refractivity contribution in [1.82, 2.24) is 14.5 Å². The lowest BCUT2D eigenvalue weighted by molar-refractivity contribution is 0.578. The van der Waals surface area contributed by atoms with Gasteiger partial charge in [0.05, 0.1) is 19.0 Å². The van der Waals surface area contributed by atoms with Crippen LogP contribution in [0.25, 0.3) is 0 Å². The highest BCUT2D eigenvalue weighted by Gasteiger charge is 2.23. The van der Waals surface area contributed by atoms with Crippen LogP contribution in [0.3, 0.4) is 0 Å². The second-order valence-corrected chi connectivity index (χ2v) is 13.2. The van der Waals surface area contributed by atoms with E-state index in [1.54, 1.807) is 43.6 Å². The van der Waals surface area contributed by atoms with E-state index < -0.39 is 7.14 Å². The molecular formula is C21H24Cl2N3OPS. The molecule has 2 heterocycles. The van der Waals surface area contributed by atoms with Gasteiger partial charge in [0, 0.05) is 33.9 Å². The molecule has 0 spiro atoms. The third-order valence-corrected chi connectivity index (χ3v) is 6.81. The average Bonchev–Trinajstić information content (AvgIpc) is 2.91. The summed E-state index contributed by atoms with van der Waals surface area (Å²) in [7, 11) is -2.30. The van der Waals surface area contributed by atoms with Crippen LogP contribution in [0.5, 0.6) is 0 Å². The number of rotatable bonds is 7. The van der Waals surface area contributed by atoms with Crippen LogP contribution in [-0.4, -0.2) is 27.9 Å². The number of benzene rings is 1. The summed E-state index contributed by atoms with van der Waals surface area (Å²) in [6.07, 6.45) is 4.02. The first-order valence-electron chi connectivity index (χ1n) is 9.28. The molecule has 0 unspecified atom stereocenters. The highest BCUT2D eigenvalue weighted by Crippen LogP contribution is 2.43. The Balaban J connectivity index is 2.13. The van der Waals surface area contributed by atoms with Gasteiger partial charge in [0.25, 0.3) is 0 Å². The third kappa shape index (κ3) is 6.11. The maximum Gasteiger partial charge on any atom is 0.117 e. The SMILES string of the molecule is CC(C)c1nc(CP(C)(C)=O)n(Cc2ccncc2)c1Sc1cc(Cl)cc(Cl)c1. The van der Waals surface area contributed by atoms with E-state index in [-0.39, 0.29) is 5.92 Å². The van der Waals surface area contributed by atoms with Gasteiger partial charge in [0.1, 0.15) is 10.9 Å². The summed E-state index contributed by atoms with van der Waals surface area (Å²) >= 11 is 14.0. The summed E-state index contributed by atoms with van der Waals surface area (Å²) in [6.45, 7) is 8.48. The molecule has 0 radical (unpaired) electrons. The van der Waals surface area contributed by atoms with Crippen molar-refractivity contribution in [2.75, 3.05) is 13.3 Å². The first-order valence-corrected chi connectivity index (χ1v) is 13.6. The predicted molar refractivity (Wildman–Crippen MR) is 123 cm³/mol. The lowest BCUT2D eigenvalue weighted by Gasteiger charge is -2.15. The quantitative estimate of drug-likeness (QED) is 0.349. The van der Waals surface area contributed by atoms with Crippen LogP contribution in [0.2, 0.25) is 10.0 Å². The van der Waals surface area contributed by atoms with E-state index in [2.05, 4.69) is 23.4 Å². The number of aromatic nitrogens is 3. The molecule has 2 aromatic heterocycles. The molecule has 8 heteroatoms. The van der Waals surface area contributed by atoms with Gasteiger partial charge in [0.15, 0.2) is 0 Å². The van der Waals surface area contributed by atoms with Gasteiger partial charge in [0.2, 0.25) is 0 Å². The molecule has 4 nitrogen and oxygen atoms in total. The third-order valence-electron chi connectivity index (χ3n) is 4.24. The van der Waals surface area contributed by atoms with Gasteiger partial charge >= 0.3 is 0 Å². The van der Waals surface area contributed by atoms with E-state index in [1.165, 1.54) is 0 Å². The molecule has 3 rings (SSSR count). The Morgan fingerprint density at radius 2 is 1.72 bits per heavy atom. The van der Waals surface area contributed by atoms with Gasteiger partial charge in [-0.05, 0) is 55.1 Å². The summed E-state index contributed by atoms with van der Waals surface area (Å²) in [4.78, 5) is 9.98. The molecule has 0 amide bonds. The maximum atomic E-state index is 12.6. The largest absolute Gasteiger partial charge is 0.324 e. The van der Waals surface area contributed by atoms with Crippen LogP contribution in [0, 0.1) is 0 Å². The standard InChI is InChI=1S/C21H24Cl2N3OPS/c1-14(2)20-21(29-18-10-16(22)9-17(23)11-18)26(12-15-5-7-24-8-6-15)19(25-20)13-28(3,4)27/h5-11,14H,12-13H2,1-4H3. The van der Waals surface area contributed by atoms with E-state index in [0.29, 0.717) is 22.8 Å². The highest BCUT2D eigenvalue weighted by molar-refractivity contribution is 7.99. The molecule has 154 valence electrons. The Bertz CT molecular complexity index is 1030. The number of hydrogen-bond acceptors (Lipinski definition) is 4. The molecule has 0 atom stereocenters. The Morgan fingerprint density at radius 3 is 2.28 bits per heavy atom. The molecular weight excluding hydrogens is 444 g/mol. The summed E-state index contributed by atoms with van der Waals surface area (Å²) in [6, 6.07) is 9.50. The molecule has 0 N–H and O–H groups in total. The van der Waals surface area contributed by atoms with Crippen molar-refractivity contribution in [2.45, 2.75) is 42.4 Å². The zero-order valence-corrected chi connectivity index (χ0v) is 20.1. The van der Waals surface area contributed by atoms with Gasteiger partial charge in [-0.25, -0.2) is 4.98 Å². The Labute approximate surface area is 186 Å². The molecule has 0 aliphatic carbocycles. The number of imidazole rings is 1. The normalized spacial score (nSPS) is 12.0. The molecule has 0 fully saturated rings. The fourth-order valence-electron chi connectivity index (χ4n) is 2.98.